The van der Waals surface area contributed by atoms with Gasteiger partial charge in [0.15, 0.2) is 0 Å². The summed E-state index contributed by atoms with van der Waals surface area (Å²) in [6, 6.07) is 0.898. The molecule has 0 aromatic carbocycles. The van der Waals surface area contributed by atoms with Gasteiger partial charge < -0.3 is 9.80 Å². The Labute approximate surface area is 101 Å². The molecular weight excluding hydrogens is 287 g/mol. The number of hydrogen-bond donors (Lipinski definition) is 0. The van der Waals surface area contributed by atoms with E-state index < -0.39 is 0 Å². The molecule has 0 aromatic rings. The lowest BCUT2D eigenvalue weighted by Gasteiger charge is -2.40. The maximum Gasteiger partial charge on any atom is 0.0134 e. The van der Waals surface area contributed by atoms with E-state index in [1.165, 1.54) is 51.9 Å². The van der Waals surface area contributed by atoms with Crippen LogP contribution in [0.1, 0.15) is 25.7 Å². The van der Waals surface area contributed by atoms with Crippen LogP contribution >= 0.6 is 22.6 Å². The van der Waals surface area contributed by atoms with Crippen LogP contribution < -0.4 is 0 Å². The zero-order chi connectivity index (χ0) is 9.97. The summed E-state index contributed by atoms with van der Waals surface area (Å²) in [6.45, 7) is 5.30. The summed E-state index contributed by atoms with van der Waals surface area (Å²) in [5.41, 5.74) is 0. The molecule has 0 aliphatic carbocycles. The van der Waals surface area contributed by atoms with E-state index in [2.05, 4.69) is 39.4 Å². The van der Waals surface area contributed by atoms with Crippen LogP contribution in [0.3, 0.4) is 0 Å². The van der Waals surface area contributed by atoms with Crippen LogP contribution in [-0.4, -0.2) is 53.0 Å². The van der Waals surface area contributed by atoms with Gasteiger partial charge in [-0.2, -0.15) is 0 Å². The van der Waals surface area contributed by atoms with Crippen molar-refractivity contribution in [1.29, 1.82) is 0 Å². The van der Waals surface area contributed by atoms with Gasteiger partial charge >= 0.3 is 0 Å². The smallest absolute Gasteiger partial charge is 0.0134 e. The van der Waals surface area contributed by atoms with Crippen molar-refractivity contribution in [3.05, 3.63) is 0 Å². The number of hydrogen-bond acceptors (Lipinski definition) is 2. The van der Waals surface area contributed by atoms with Gasteiger partial charge in [0.25, 0.3) is 0 Å². The van der Waals surface area contributed by atoms with Crippen LogP contribution in [0.25, 0.3) is 0 Å². The molecule has 0 aromatic heterocycles. The topological polar surface area (TPSA) is 6.48 Å². The SMILES string of the molecule is CN1CCC(N2CCC(I)CC2)CC1. The van der Waals surface area contributed by atoms with Crippen molar-refractivity contribution in [3.63, 3.8) is 0 Å². The summed E-state index contributed by atoms with van der Waals surface area (Å²) >= 11 is 2.61. The van der Waals surface area contributed by atoms with Crippen LogP contribution in [0.5, 0.6) is 0 Å². The van der Waals surface area contributed by atoms with Gasteiger partial charge in [0.2, 0.25) is 0 Å². The Hall–Kier alpha value is 0.650. The van der Waals surface area contributed by atoms with E-state index in [4.69, 9.17) is 0 Å². The van der Waals surface area contributed by atoms with Crippen LogP contribution in [0.4, 0.5) is 0 Å². The Kier molecular flexibility index (Phi) is 4.08. The summed E-state index contributed by atoms with van der Waals surface area (Å²) in [7, 11) is 2.24. The minimum absolute atomic E-state index is 0.898. The largest absolute Gasteiger partial charge is 0.306 e. The van der Waals surface area contributed by atoms with Gasteiger partial charge in [0, 0.05) is 9.97 Å². The zero-order valence-corrected chi connectivity index (χ0v) is 11.2. The molecule has 14 heavy (non-hydrogen) atoms. The first-order chi connectivity index (χ1) is 6.75. The fourth-order valence-corrected chi connectivity index (χ4v) is 3.15. The Morgan fingerprint density at radius 2 is 1.50 bits per heavy atom. The predicted molar refractivity (Wildman–Crippen MR) is 69.1 cm³/mol. The molecule has 0 radical (unpaired) electrons. The minimum atomic E-state index is 0.898. The van der Waals surface area contributed by atoms with Crippen LogP contribution in [0.2, 0.25) is 0 Å². The first-order valence-corrected chi connectivity index (χ1v) is 7.07. The molecule has 0 atom stereocenters. The van der Waals surface area contributed by atoms with E-state index in [1.54, 1.807) is 0 Å². The first-order valence-electron chi connectivity index (χ1n) is 5.82. The molecule has 0 bridgehead atoms. The monoisotopic (exact) mass is 308 g/mol. The third-order valence-corrected chi connectivity index (χ3v) is 4.91. The van der Waals surface area contributed by atoms with Crippen LogP contribution in [-0.2, 0) is 0 Å². The highest BCUT2D eigenvalue weighted by Gasteiger charge is 2.26. The first kappa shape index (κ1) is 11.1. The van der Waals surface area contributed by atoms with Gasteiger partial charge in [-0.3, -0.25) is 0 Å². The van der Waals surface area contributed by atoms with Crippen molar-refractivity contribution in [1.82, 2.24) is 9.80 Å². The predicted octanol–water partition coefficient (Wildman–Crippen LogP) is 1.98. The normalized spacial score (nSPS) is 29.6. The standard InChI is InChI=1S/C11H21IN2/c1-13-6-4-11(5-7-13)14-8-2-10(12)3-9-14/h10-11H,2-9H2,1H3. The average molecular weight is 308 g/mol. The fraction of sp³-hybridized carbons (Fsp3) is 1.00. The van der Waals surface area contributed by atoms with Crippen molar-refractivity contribution < 1.29 is 0 Å². The van der Waals surface area contributed by atoms with E-state index in [0.717, 1.165) is 9.97 Å². The van der Waals surface area contributed by atoms with E-state index in [0.29, 0.717) is 0 Å². The number of alkyl halides is 1. The summed E-state index contributed by atoms with van der Waals surface area (Å²) < 4.78 is 0.940. The maximum absolute atomic E-state index is 2.74. The summed E-state index contributed by atoms with van der Waals surface area (Å²) in [4.78, 5) is 5.20. The number of piperidine rings is 2. The van der Waals surface area contributed by atoms with Crippen molar-refractivity contribution in [2.24, 2.45) is 0 Å². The van der Waals surface area contributed by atoms with Crippen LogP contribution in [0.15, 0.2) is 0 Å². The number of nitrogens with zero attached hydrogens (tertiary/aromatic N) is 2. The molecule has 2 aliphatic rings. The number of halogens is 1. The van der Waals surface area contributed by atoms with Gasteiger partial charge in [-0.05, 0) is 58.9 Å². The van der Waals surface area contributed by atoms with Gasteiger partial charge in [0.05, 0.1) is 0 Å². The van der Waals surface area contributed by atoms with Crippen molar-refractivity contribution in [2.75, 3.05) is 33.2 Å². The van der Waals surface area contributed by atoms with Crippen molar-refractivity contribution >= 4 is 22.6 Å². The molecule has 82 valence electrons. The second kappa shape index (κ2) is 5.12. The maximum atomic E-state index is 2.74. The molecule has 0 saturated carbocycles. The molecule has 2 heterocycles. The van der Waals surface area contributed by atoms with E-state index in [9.17, 15) is 0 Å². The molecule has 2 fully saturated rings. The lowest BCUT2D eigenvalue weighted by molar-refractivity contribution is 0.106. The molecule has 0 spiro atoms. The molecule has 0 N–H and O–H groups in total. The number of likely N-dealkylation sites (tertiary alicyclic amines) is 2. The zero-order valence-electron chi connectivity index (χ0n) is 9.08. The second-order valence-electron chi connectivity index (χ2n) is 4.75. The van der Waals surface area contributed by atoms with Gasteiger partial charge in [-0.1, -0.05) is 22.6 Å². The average Bonchev–Trinajstić information content (AvgIpc) is 2.21. The Morgan fingerprint density at radius 3 is 2.07 bits per heavy atom. The molecule has 0 unspecified atom stereocenters. The van der Waals surface area contributed by atoms with Crippen LogP contribution in [0, 0.1) is 0 Å². The van der Waals surface area contributed by atoms with Crippen molar-refractivity contribution in [2.45, 2.75) is 35.6 Å². The summed E-state index contributed by atoms with van der Waals surface area (Å²) in [5, 5.41) is 0. The second-order valence-corrected chi connectivity index (χ2v) is 6.51. The summed E-state index contributed by atoms with van der Waals surface area (Å²) in [6.07, 6.45) is 5.60. The Morgan fingerprint density at radius 1 is 0.929 bits per heavy atom. The lowest BCUT2D eigenvalue weighted by atomic mass is 10.0. The highest BCUT2D eigenvalue weighted by atomic mass is 127. The van der Waals surface area contributed by atoms with E-state index in [1.807, 2.05) is 0 Å². The molecule has 0 amide bonds. The van der Waals surface area contributed by atoms with E-state index in [-0.39, 0.29) is 0 Å². The lowest BCUT2D eigenvalue weighted by Crippen LogP contribution is -2.47. The molecular formula is C11H21IN2. The third kappa shape index (κ3) is 2.83. The molecule has 2 rings (SSSR count). The summed E-state index contributed by atoms with van der Waals surface area (Å²) in [5.74, 6) is 0. The molecule has 2 nitrogen and oxygen atoms in total. The highest BCUT2D eigenvalue weighted by molar-refractivity contribution is 14.1. The Bertz CT molecular complexity index is 150. The highest BCUT2D eigenvalue weighted by Crippen LogP contribution is 2.23. The van der Waals surface area contributed by atoms with Gasteiger partial charge in [-0.15, -0.1) is 0 Å². The quantitative estimate of drug-likeness (QED) is 0.540. The fourth-order valence-electron chi connectivity index (χ4n) is 2.59. The van der Waals surface area contributed by atoms with Gasteiger partial charge in [-0.25, -0.2) is 0 Å². The molecule has 2 saturated heterocycles. The molecule has 2 aliphatic heterocycles. The van der Waals surface area contributed by atoms with Crippen molar-refractivity contribution in [3.8, 4) is 0 Å². The number of rotatable bonds is 1. The Balaban J connectivity index is 1.78. The third-order valence-electron chi connectivity index (χ3n) is 3.66. The van der Waals surface area contributed by atoms with Gasteiger partial charge in [0.1, 0.15) is 0 Å². The van der Waals surface area contributed by atoms with E-state index >= 15 is 0 Å². The minimum Gasteiger partial charge on any atom is -0.306 e. The molecule has 3 heteroatoms.